The van der Waals surface area contributed by atoms with Crippen LogP contribution in [0.4, 0.5) is 0 Å². The van der Waals surface area contributed by atoms with Gasteiger partial charge in [0.25, 0.3) is 10.2 Å². The number of piperidine rings is 1. The monoisotopic (exact) mass is 303 g/mol. The minimum Gasteiger partial charge on any atom is -0.329 e. The molecule has 1 fully saturated rings. The molecule has 5 nitrogen and oxygen atoms in total. The van der Waals surface area contributed by atoms with Gasteiger partial charge in [-0.2, -0.15) is 28.8 Å². The zero-order valence-electron chi connectivity index (χ0n) is 11.1. The third kappa shape index (κ3) is 3.55. The van der Waals surface area contributed by atoms with Gasteiger partial charge in [0.15, 0.2) is 0 Å². The molecule has 0 saturated carbocycles. The molecule has 2 heterocycles. The number of thiophene rings is 1. The summed E-state index contributed by atoms with van der Waals surface area (Å²) in [5.74, 6) is 0. The molecular formula is C12H21N3O2S2. The van der Waals surface area contributed by atoms with Crippen molar-refractivity contribution in [2.24, 2.45) is 5.73 Å². The normalized spacial score (nSPS) is 23.4. The molecular weight excluding hydrogens is 282 g/mol. The topological polar surface area (TPSA) is 75.4 Å². The second-order valence-electron chi connectivity index (χ2n) is 4.90. The van der Waals surface area contributed by atoms with Gasteiger partial charge in [-0.05, 0) is 42.2 Å². The lowest BCUT2D eigenvalue weighted by Crippen LogP contribution is -2.52. The van der Waals surface area contributed by atoms with Gasteiger partial charge in [0.2, 0.25) is 0 Å². The molecule has 3 N–H and O–H groups in total. The van der Waals surface area contributed by atoms with Gasteiger partial charge < -0.3 is 5.73 Å². The second-order valence-corrected chi connectivity index (χ2v) is 7.33. The van der Waals surface area contributed by atoms with Crippen LogP contribution >= 0.6 is 11.3 Å². The fourth-order valence-electron chi connectivity index (χ4n) is 2.41. The molecule has 1 saturated heterocycles. The highest BCUT2D eigenvalue weighted by atomic mass is 32.2. The highest BCUT2D eigenvalue weighted by Gasteiger charge is 2.32. The van der Waals surface area contributed by atoms with Crippen molar-refractivity contribution in [1.29, 1.82) is 0 Å². The van der Waals surface area contributed by atoms with Crippen LogP contribution in [-0.4, -0.2) is 31.9 Å². The maximum atomic E-state index is 12.4. The summed E-state index contributed by atoms with van der Waals surface area (Å²) in [6.07, 6.45) is 2.81. The van der Waals surface area contributed by atoms with E-state index in [1.807, 2.05) is 23.8 Å². The molecule has 1 aliphatic rings. The average molecular weight is 303 g/mol. The summed E-state index contributed by atoms with van der Waals surface area (Å²) in [6.45, 7) is 2.81. The van der Waals surface area contributed by atoms with Crippen LogP contribution < -0.4 is 10.5 Å². The first-order valence-corrected chi connectivity index (χ1v) is 8.94. The third-order valence-electron chi connectivity index (χ3n) is 3.52. The van der Waals surface area contributed by atoms with Crippen LogP contribution in [0.3, 0.4) is 0 Å². The molecule has 0 bridgehead atoms. The van der Waals surface area contributed by atoms with Crippen molar-refractivity contribution in [3.05, 3.63) is 22.4 Å². The standard InChI is InChI=1S/C12H21N3O2S2/c1-10(11-5-7-18-9-11)14-19(16,17)15-6-3-2-4-12(15)8-13/h5,7,9-10,12,14H,2-4,6,8,13H2,1H3. The molecule has 2 unspecified atom stereocenters. The van der Waals surface area contributed by atoms with Gasteiger partial charge in [0.1, 0.15) is 0 Å². The first-order chi connectivity index (χ1) is 9.04. The van der Waals surface area contributed by atoms with Crippen LogP contribution in [-0.2, 0) is 10.2 Å². The fourth-order valence-corrected chi connectivity index (χ4v) is 4.83. The van der Waals surface area contributed by atoms with E-state index in [0.29, 0.717) is 13.1 Å². The van der Waals surface area contributed by atoms with E-state index >= 15 is 0 Å². The molecule has 1 aromatic heterocycles. The molecule has 2 atom stereocenters. The zero-order valence-corrected chi connectivity index (χ0v) is 12.7. The Bertz CT molecular complexity index is 487. The number of nitrogens with two attached hydrogens (primary N) is 1. The minimum atomic E-state index is -3.46. The third-order valence-corrected chi connectivity index (χ3v) is 5.97. The summed E-state index contributed by atoms with van der Waals surface area (Å²) >= 11 is 1.57. The Morgan fingerprint density at radius 1 is 1.58 bits per heavy atom. The van der Waals surface area contributed by atoms with Crippen LogP contribution in [0.5, 0.6) is 0 Å². The van der Waals surface area contributed by atoms with Crippen molar-refractivity contribution in [3.63, 3.8) is 0 Å². The average Bonchev–Trinajstić information content (AvgIpc) is 2.92. The number of rotatable bonds is 5. The Hall–Kier alpha value is -0.470. The lowest BCUT2D eigenvalue weighted by Gasteiger charge is -2.34. The summed E-state index contributed by atoms with van der Waals surface area (Å²) in [6, 6.07) is 1.66. The van der Waals surface area contributed by atoms with E-state index < -0.39 is 10.2 Å². The summed E-state index contributed by atoms with van der Waals surface area (Å²) in [5, 5.41) is 3.91. The predicted octanol–water partition coefficient (Wildman–Crippen LogP) is 1.46. The van der Waals surface area contributed by atoms with Crippen molar-refractivity contribution in [3.8, 4) is 0 Å². The molecule has 1 aromatic rings. The Morgan fingerprint density at radius 3 is 3.00 bits per heavy atom. The van der Waals surface area contributed by atoms with Crippen molar-refractivity contribution in [2.45, 2.75) is 38.3 Å². The number of hydrogen-bond donors (Lipinski definition) is 2. The van der Waals surface area contributed by atoms with Crippen LogP contribution in [0.25, 0.3) is 0 Å². The number of nitrogens with zero attached hydrogens (tertiary/aromatic N) is 1. The maximum absolute atomic E-state index is 12.4. The molecule has 1 aliphatic heterocycles. The summed E-state index contributed by atoms with van der Waals surface area (Å²) in [5.41, 5.74) is 6.68. The number of nitrogens with one attached hydrogen (secondary N) is 1. The molecule has 0 aliphatic carbocycles. The quantitative estimate of drug-likeness (QED) is 0.864. The molecule has 0 radical (unpaired) electrons. The smallest absolute Gasteiger partial charge is 0.280 e. The Morgan fingerprint density at radius 2 is 2.37 bits per heavy atom. The van der Waals surface area contributed by atoms with E-state index in [2.05, 4.69) is 4.72 Å². The van der Waals surface area contributed by atoms with Crippen molar-refractivity contribution >= 4 is 21.5 Å². The van der Waals surface area contributed by atoms with Crippen LogP contribution in [0, 0.1) is 0 Å². The lowest BCUT2D eigenvalue weighted by atomic mass is 10.1. The SMILES string of the molecule is CC(NS(=O)(=O)N1CCCCC1CN)c1ccsc1. The van der Waals surface area contributed by atoms with Gasteiger partial charge in [-0.15, -0.1) is 0 Å². The van der Waals surface area contributed by atoms with Crippen LogP contribution in [0.1, 0.15) is 37.8 Å². The predicted molar refractivity (Wildman–Crippen MR) is 78.2 cm³/mol. The highest BCUT2D eigenvalue weighted by Crippen LogP contribution is 2.22. The molecule has 108 valence electrons. The first-order valence-electron chi connectivity index (χ1n) is 6.56. The maximum Gasteiger partial charge on any atom is 0.280 e. The van der Waals surface area contributed by atoms with Crippen molar-refractivity contribution in [1.82, 2.24) is 9.03 Å². The Labute approximate surface area is 119 Å². The van der Waals surface area contributed by atoms with E-state index in [4.69, 9.17) is 5.73 Å². The number of hydrogen-bond acceptors (Lipinski definition) is 4. The molecule has 0 spiro atoms. The van der Waals surface area contributed by atoms with Gasteiger partial charge in [0, 0.05) is 25.2 Å². The minimum absolute atomic E-state index is 0.0686. The van der Waals surface area contributed by atoms with Crippen LogP contribution in [0.2, 0.25) is 0 Å². The van der Waals surface area contributed by atoms with Gasteiger partial charge in [-0.3, -0.25) is 0 Å². The lowest BCUT2D eigenvalue weighted by molar-refractivity contribution is 0.253. The molecule has 0 amide bonds. The second kappa shape index (κ2) is 6.32. The van der Waals surface area contributed by atoms with E-state index in [1.54, 1.807) is 11.3 Å². The van der Waals surface area contributed by atoms with E-state index in [9.17, 15) is 8.42 Å². The Balaban J connectivity index is 2.08. The summed E-state index contributed by atoms with van der Waals surface area (Å²) in [7, 11) is -3.46. The van der Waals surface area contributed by atoms with Crippen molar-refractivity contribution < 1.29 is 8.42 Å². The van der Waals surface area contributed by atoms with Gasteiger partial charge >= 0.3 is 0 Å². The van der Waals surface area contributed by atoms with Crippen molar-refractivity contribution in [2.75, 3.05) is 13.1 Å². The molecule has 2 rings (SSSR count). The van der Waals surface area contributed by atoms with Gasteiger partial charge in [-0.25, -0.2) is 0 Å². The largest absolute Gasteiger partial charge is 0.329 e. The summed E-state index contributed by atoms with van der Waals surface area (Å²) in [4.78, 5) is 0. The van der Waals surface area contributed by atoms with Crippen LogP contribution in [0.15, 0.2) is 16.8 Å². The van der Waals surface area contributed by atoms with E-state index in [-0.39, 0.29) is 12.1 Å². The molecule has 0 aromatic carbocycles. The molecule has 7 heteroatoms. The highest BCUT2D eigenvalue weighted by molar-refractivity contribution is 7.87. The first kappa shape index (κ1) is 14.9. The molecule has 19 heavy (non-hydrogen) atoms. The Kier molecular flexibility index (Phi) is 4.97. The van der Waals surface area contributed by atoms with E-state index in [0.717, 1.165) is 24.8 Å². The summed E-state index contributed by atoms with van der Waals surface area (Å²) < 4.78 is 29.1. The van der Waals surface area contributed by atoms with E-state index in [1.165, 1.54) is 4.31 Å². The van der Waals surface area contributed by atoms with Gasteiger partial charge in [0.05, 0.1) is 0 Å². The zero-order chi connectivity index (χ0) is 13.9. The fraction of sp³-hybridized carbons (Fsp3) is 0.667. The van der Waals surface area contributed by atoms with Gasteiger partial charge in [-0.1, -0.05) is 6.42 Å².